The summed E-state index contributed by atoms with van der Waals surface area (Å²) in [6, 6.07) is 7.14. The van der Waals surface area contributed by atoms with Crippen LogP contribution in [0.4, 0.5) is 4.48 Å². The number of piperidine rings is 1. The second-order valence-electron chi connectivity index (χ2n) is 9.15. The van der Waals surface area contributed by atoms with Crippen molar-refractivity contribution in [2.45, 2.75) is 44.9 Å². The molecule has 1 saturated heterocycles. The van der Waals surface area contributed by atoms with E-state index in [1.54, 1.807) is 30.3 Å². The van der Waals surface area contributed by atoms with Crippen molar-refractivity contribution < 1.29 is 18.9 Å². The Balaban J connectivity index is 1.38. The van der Waals surface area contributed by atoms with Gasteiger partial charge in [-0.05, 0) is 42.0 Å². The SMILES string of the molecule is C[C@@]12C[C@@H](C(=O)N(F)Cc3cccc(Cl)c3)N(C(=O)Cn3nc(C(N)=O)c4ccncc43)[C@@H]1C2. The van der Waals surface area contributed by atoms with E-state index in [9.17, 15) is 18.9 Å². The van der Waals surface area contributed by atoms with E-state index < -0.39 is 17.9 Å². The molecule has 3 atom stereocenters. The predicted octanol–water partition coefficient (Wildman–Crippen LogP) is 2.48. The molecule has 3 amide bonds. The summed E-state index contributed by atoms with van der Waals surface area (Å²) in [7, 11) is 0. The van der Waals surface area contributed by atoms with E-state index in [0.29, 0.717) is 27.9 Å². The van der Waals surface area contributed by atoms with Crippen LogP contribution in [-0.4, -0.2) is 54.6 Å². The summed E-state index contributed by atoms with van der Waals surface area (Å²) < 4.78 is 16.3. The number of likely N-dealkylation sites (tertiary alicyclic amines) is 1. The molecule has 11 heteroatoms. The fourth-order valence-electron chi connectivity index (χ4n) is 4.92. The van der Waals surface area contributed by atoms with E-state index in [-0.39, 0.29) is 41.3 Å². The number of hydrogen-bond donors (Lipinski definition) is 1. The van der Waals surface area contributed by atoms with Crippen LogP contribution in [0.2, 0.25) is 5.02 Å². The lowest BCUT2D eigenvalue weighted by molar-refractivity contribution is -0.157. The maximum absolute atomic E-state index is 14.9. The third kappa shape index (κ3) is 3.77. The summed E-state index contributed by atoms with van der Waals surface area (Å²) in [4.78, 5) is 43.7. The number of benzene rings is 1. The zero-order chi connectivity index (χ0) is 24.2. The molecule has 2 fully saturated rings. The quantitative estimate of drug-likeness (QED) is 0.540. The molecular formula is C23H22ClFN6O3. The second-order valence-corrected chi connectivity index (χ2v) is 9.58. The Morgan fingerprint density at radius 1 is 1.29 bits per heavy atom. The Kier molecular flexibility index (Phi) is 5.27. The zero-order valence-electron chi connectivity index (χ0n) is 18.3. The normalized spacial score (nSPS) is 23.1. The van der Waals surface area contributed by atoms with Crippen molar-refractivity contribution in [3.63, 3.8) is 0 Å². The van der Waals surface area contributed by atoms with Crippen molar-refractivity contribution in [3.05, 3.63) is 59.0 Å². The number of halogens is 2. The van der Waals surface area contributed by atoms with Gasteiger partial charge < -0.3 is 10.6 Å². The number of pyridine rings is 1. The van der Waals surface area contributed by atoms with Crippen LogP contribution in [0.5, 0.6) is 0 Å². The number of amides is 3. The molecule has 0 spiro atoms. The highest BCUT2D eigenvalue weighted by Crippen LogP contribution is 2.59. The lowest BCUT2D eigenvalue weighted by atomic mass is 10.0. The minimum Gasteiger partial charge on any atom is -0.364 e. The molecule has 3 heterocycles. The average Bonchev–Trinajstić information content (AvgIpc) is 3.16. The molecule has 176 valence electrons. The van der Waals surface area contributed by atoms with Gasteiger partial charge >= 0.3 is 0 Å². The Morgan fingerprint density at radius 3 is 2.82 bits per heavy atom. The number of aromatic nitrogens is 3. The number of primary amides is 1. The van der Waals surface area contributed by atoms with E-state index in [0.717, 1.165) is 6.42 Å². The van der Waals surface area contributed by atoms with E-state index in [2.05, 4.69) is 10.1 Å². The van der Waals surface area contributed by atoms with Gasteiger partial charge in [-0.15, -0.1) is 0 Å². The highest BCUT2D eigenvalue weighted by molar-refractivity contribution is 6.30. The Hall–Kier alpha value is -3.53. The number of nitrogens with zero attached hydrogens (tertiary/aromatic N) is 5. The molecule has 2 N–H and O–H groups in total. The topological polar surface area (TPSA) is 114 Å². The van der Waals surface area contributed by atoms with Crippen LogP contribution in [0.15, 0.2) is 42.7 Å². The molecule has 1 aromatic carbocycles. The third-order valence-corrected chi connectivity index (χ3v) is 6.97. The summed E-state index contributed by atoms with van der Waals surface area (Å²) >= 11 is 5.96. The Morgan fingerprint density at radius 2 is 2.09 bits per heavy atom. The average molecular weight is 485 g/mol. The van der Waals surface area contributed by atoms with Gasteiger partial charge in [0.2, 0.25) is 5.91 Å². The number of fused-ring (bicyclic) bond motifs is 2. The van der Waals surface area contributed by atoms with E-state index in [4.69, 9.17) is 17.3 Å². The molecule has 2 aliphatic rings. The van der Waals surface area contributed by atoms with Crippen molar-refractivity contribution in [2.24, 2.45) is 11.1 Å². The molecule has 0 bridgehead atoms. The van der Waals surface area contributed by atoms with Gasteiger partial charge in [0.05, 0.1) is 18.3 Å². The summed E-state index contributed by atoms with van der Waals surface area (Å²) in [5.74, 6) is -1.88. The van der Waals surface area contributed by atoms with Gasteiger partial charge in [0, 0.05) is 22.6 Å². The number of hydrogen-bond acceptors (Lipinski definition) is 5. The first-order chi connectivity index (χ1) is 16.2. The van der Waals surface area contributed by atoms with E-state index in [1.807, 2.05) is 6.92 Å². The molecule has 5 rings (SSSR count). The number of rotatable bonds is 6. The molecule has 0 radical (unpaired) electrons. The van der Waals surface area contributed by atoms with E-state index in [1.165, 1.54) is 22.0 Å². The van der Waals surface area contributed by atoms with Crippen LogP contribution < -0.4 is 5.73 Å². The van der Waals surface area contributed by atoms with Crippen molar-refractivity contribution in [1.29, 1.82) is 0 Å². The van der Waals surface area contributed by atoms with Gasteiger partial charge in [-0.2, -0.15) is 10.2 Å². The maximum atomic E-state index is 14.9. The first-order valence-corrected chi connectivity index (χ1v) is 11.2. The molecule has 9 nitrogen and oxygen atoms in total. The summed E-state index contributed by atoms with van der Waals surface area (Å²) in [6.45, 7) is 1.49. The van der Waals surface area contributed by atoms with Crippen LogP contribution in [0.1, 0.15) is 35.8 Å². The minimum atomic E-state index is -0.920. The standard InChI is InChI=1S/C23H22ClFN6O3/c1-23-8-16(22(34)29(25)11-13-3-2-4-14(24)7-13)31(18(23)9-23)19(32)12-30-17-10-27-6-5-15(17)20(28-30)21(26)33/h2-7,10,16,18H,8-9,11-12H2,1H3,(H2,26,33)/t16-,18+,23-/m0/s1. The first kappa shape index (κ1) is 22.3. The van der Waals surface area contributed by atoms with Gasteiger partial charge in [-0.3, -0.25) is 24.0 Å². The Bertz CT molecular complexity index is 1330. The fraction of sp³-hybridized carbons (Fsp3) is 0.348. The second kappa shape index (κ2) is 8.05. The van der Waals surface area contributed by atoms with Crippen LogP contribution in [0.25, 0.3) is 10.9 Å². The number of nitrogens with two attached hydrogens (primary N) is 1. The van der Waals surface area contributed by atoms with Crippen LogP contribution >= 0.6 is 11.6 Å². The van der Waals surface area contributed by atoms with Gasteiger partial charge in [0.25, 0.3) is 11.8 Å². The summed E-state index contributed by atoms with van der Waals surface area (Å²) in [5.41, 5.74) is 6.26. The smallest absolute Gasteiger partial charge is 0.273 e. The number of carbonyl (C=O) groups is 3. The van der Waals surface area contributed by atoms with Crippen LogP contribution in [-0.2, 0) is 22.7 Å². The molecular weight excluding hydrogens is 463 g/mol. The zero-order valence-corrected chi connectivity index (χ0v) is 19.1. The van der Waals surface area contributed by atoms with Gasteiger partial charge in [0.15, 0.2) is 5.69 Å². The highest BCUT2D eigenvalue weighted by atomic mass is 35.5. The number of carbonyl (C=O) groups excluding carboxylic acids is 3. The lowest BCUT2D eigenvalue weighted by Crippen LogP contribution is -2.48. The third-order valence-electron chi connectivity index (χ3n) is 6.73. The fourth-order valence-corrected chi connectivity index (χ4v) is 5.13. The van der Waals surface area contributed by atoms with Crippen molar-refractivity contribution >= 4 is 40.2 Å². The van der Waals surface area contributed by atoms with Crippen LogP contribution in [0, 0.1) is 5.41 Å². The molecule has 1 aliphatic carbocycles. The first-order valence-electron chi connectivity index (χ1n) is 10.8. The molecule has 34 heavy (non-hydrogen) atoms. The van der Waals surface area contributed by atoms with Crippen molar-refractivity contribution in [2.75, 3.05) is 0 Å². The summed E-state index contributed by atoms with van der Waals surface area (Å²) in [6.07, 6.45) is 4.12. The van der Waals surface area contributed by atoms with E-state index >= 15 is 0 Å². The highest BCUT2D eigenvalue weighted by Gasteiger charge is 2.64. The maximum Gasteiger partial charge on any atom is 0.273 e. The largest absolute Gasteiger partial charge is 0.364 e. The molecule has 0 unspecified atom stereocenters. The van der Waals surface area contributed by atoms with Gasteiger partial charge in [-0.25, -0.2) is 0 Å². The predicted molar refractivity (Wildman–Crippen MR) is 121 cm³/mol. The molecule has 1 aliphatic heterocycles. The molecule has 2 aromatic heterocycles. The Labute approximate surface area is 199 Å². The van der Waals surface area contributed by atoms with Crippen LogP contribution in [0.3, 0.4) is 0 Å². The molecule has 1 saturated carbocycles. The summed E-state index contributed by atoms with van der Waals surface area (Å²) in [5, 5.41) is 5.27. The van der Waals surface area contributed by atoms with Crippen molar-refractivity contribution in [1.82, 2.24) is 24.8 Å². The van der Waals surface area contributed by atoms with Crippen molar-refractivity contribution in [3.8, 4) is 0 Å². The minimum absolute atomic E-state index is 0.0342. The van der Waals surface area contributed by atoms with Gasteiger partial charge in [-0.1, -0.05) is 35.1 Å². The van der Waals surface area contributed by atoms with Gasteiger partial charge in [0.1, 0.15) is 12.6 Å². The lowest BCUT2D eigenvalue weighted by Gasteiger charge is -2.28. The molecule has 3 aromatic rings. The monoisotopic (exact) mass is 484 g/mol.